The molecule has 0 aliphatic rings. The third kappa shape index (κ3) is 3.64. The Labute approximate surface area is 171 Å². The van der Waals surface area contributed by atoms with Crippen molar-refractivity contribution in [1.82, 2.24) is 9.55 Å². The van der Waals surface area contributed by atoms with Crippen molar-refractivity contribution >= 4 is 34.3 Å². The molecule has 2 aromatic carbocycles. The smallest absolute Gasteiger partial charge is 0.353 e. The number of aromatic nitrogens is 2. The van der Waals surface area contributed by atoms with Crippen LogP contribution in [0.3, 0.4) is 0 Å². The normalized spacial score (nSPS) is 10.8. The fourth-order valence-corrected chi connectivity index (χ4v) is 3.97. The first-order valence-corrected chi connectivity index (χ1v) is 9.88. The number of ether oxygens (including phenoxy) is 2. The first-order valence-electron chi connectivity index (χ1n) is 9.06. The first-order chi connectivity index (χ1) is 14.1. The molecule has 0 saturated heterocycles. The summed E-state index contributed by atoms with van der Waals surface area (Å²) in [7, 11) is 1.32. The van der Waals surface area contributed by atoms with E-state index >= 15 is 0 Å². The van der Waals surface area contributed by atoms with E-state index in [1.54, 1.807) is 30.3 Å². The van der Waals surface area contributed by atoms with Gasteiger partial charge in [-0.1, -0.05) is 12.1 Å². The van der Waals surface area contributed by atoms with E-state index in [9.17, 15) is 9.59 Å². The van der Waals surface area contributed by atoms with Gasteiger partial charge in [0.05, 0.1) is 28.6 Å². The van der Waals surface area contributed by atoms with E-state index in [1.165, 1.54) is 18.4 Å². The van der Waals surface area contributed by atoms with Crippen molar-refractivity contribution in [2.24, 2.45) is 0 Å². The van der Waals surface area contributed by atoms with Gasteiger partial charge in [0.25, 0.3) is 0 Å². The number of benzene rings is 2. The van der Waals surface area contributed by atoms with Crippen LogP contribution < -0.4 is 4.74 Å². The summed E-state index contributed by atoms with van der Waals surface area (Å²) < 4.78 is 12.2. The zero-order valence-electron chi connectivity index (χ0n) is 15.9. The molecule has 0 spiro atoms. The monoisotopic (exact) mass is 406 g/mol. The van der Waals surface area contributed by atoms with Gasteiger partial charge < -0.3 is 14.0 Å². The number of rotatable bonds is 5. The minimum atomic E-state index is -0.453. The van der Waals surface area contributed by atoms with Crippen LogP contribution in [-0.2, 0) is 11.3 Å². The highest BCUT2D eigenvalue weighted by Crippen LogP contribution is 2.31. The number of para-hydroxylation sites is 2. The molecule has 0 unspecified atom stereocenters. The van der Waals surface area contributed by atoms with Gasteiger partial charge in [0.1, 0.15) is 10.6 Å². The number of carbonyl (C=O) groups excluding carboxylic acids is 2. The van der Waals surface area contributed by atoms with Gasteiger partial charge in [0, 0.05) is 6.54 Å². The molecule has 0 aliphatic carbocycles. The molecule has 0 radical (unpaired) electrons. The summed E-state index contributed by atoms with van der Waals surface area (Å²) >= 11 is 1.34. The van der Waals surface area contributed by atoms with Gasteiger partial charge in [0.15, 0.2) is 5.82 Å². The summed E-state index contributed by atoms with van der Waals surface area (Å²) in [6.07, 6.45) is 0. The molecule has 0 atom stereocenters. The van der Waals surface area contributed by atoms with Crippen molar-refractivity contribution in [2.75, 3.05) is 7.11 Å². The molecular weight excluding hydrogens is 388 g/mol. The molecular formula is C22H18N2O4S. The molecule has 4 rings (SSSR count). The predicted octanol–water partition coefficient (Wildman–Crippen LogP) is 4.79. The van der Waals surface area contributed by atoms with Crippen LogP contribution in [0.4, 0.5) is 0 Å². The van der Waals surface area contributed by atoms with Gasteiger partial charge in [-0.25, -0.2) is 14.6 Å². The molecule has 0 fully saturated rings. The lowest BCUT2D eigenvalue weighted by Crippen LogP contribution is -2.07. The SMILES string of the molecule is CCn1c(-c2ccc(C(=O)Oc3ccc(C(=O)OC)cc3)s2)nc2ccccc21. The lowest BCUT2D eigenvalue weighted by atomic mass is 10.2. The van der Waals surface area contributed by atoms with Gasteiger partial charge in [-0.15, -0.1) is 11.3 Å². The van der Waals surface area contributed by atoms with E-state index in [2.05, 4.69) is 16.2 Å². The molecule has 7 heteroatoms. The van der Waals surface area contributed by atoms with E-state index < -0.39 is 11.9 Å². The average Bonchev–Trinajstić information content (AvgIpc) is 3.38. The Kier molecular flexibility index (Phi) is 5.14. The van der Waals surface area contributed by atoms with Crippen molar-refractivity contribution in [1.29, 1.82) is 0 Å². The van der Waals surface area contributed by atoms with Crippen LogP contribution in [0.15, 0.2) is 60.7 Å². The minimum Gasteiger partial charge on any atom is -0.465 e. The summed E-state index contributed by atoms with van der Waals surface area (Å²) in [5, 5.41) is 0. The fraction of sp³-hybridized carbons (Fsp3) is 0.136. The molecule has 2 aromatic heterocycles. The minimum absolute atomic E-state index is 0.360. The largest absolute Gasteiger partial charge is 0.465 e. The van der Waals surface area contributed by atoms with Gasteiger partial charge in [-0.3, -0.25) is 0 Å². The number of nitrogens with zero attached hydrogens (tertiary/aromatic N) is 2. The quantitative estimate of drug-likeness (QED) is 0.352. The third-order valence-corrected chi connectivity index (χ3v) is 5.55. The molecule has 0 amide bonds. The van der Waals surface area contributed by atoms with Crippen LogP contribution in [0.5, 0.6) is 5.75 Å². The maximum Gasteiger partial charge on any atom is 0.353 e. The lowest BCUT2D eigenvalue weighted by molar-refractivity contribution is 0.0600. The zero-order chi connectivity index (χ0) is 20.4. The number of fused-ring (bicyclic) bond motifs is 1. The van der Waals surface area contributed by atoms with Gasteiger partial charge >= 0.3 is 11.9 Å². The predicted molar refractivity (Wildman–Crippen MR) is 111 cm³/mol. The standard InChI is InChI=1S/C22H18N2O4S/c1-3-24-17-7-5-4-6-16(17)23-20(24)18-12-13-19(29-18)22(26)28-15-10-8-14(9-11-15)21(25)27-2/h4-13H,3H2,1-2H3. The highest BCUT2D eigenvalue weighted by Gasteiger charge is 2.17. The number of methoxy groups -OCH3 is 1. The summed E-state index contributed by atoms with van der Waals surface area (Å²) in [6, 6.07) is 17.8. The molecule has 0 N–H and O–H groups in total. The second-order valence-corrected chi connectivity index (χ2v) is 7.32. The number of aryl methyl sites for hydroxylation is 1. The Morgan fingerprint density at radius 3 is 2.48 bits per heavy atom. The van der Waals surface area contributed by atoms with Crippen molar-refractivity contribution < 1.29 is 19.1 Å². The average molecular weight is 406 g/mol. The van der Waals surface area contributed by atoms with Crippen LogP contribution in [-0.4, -0.2) is 28.6 Å². The van der Waals surface area contributed by atoms with E-state index in [1.807, 2.05) is 30.3 Å². The Morgan fingerprint density at radius 1 is 1.00 bits per heavy atom. The molecule has 4 aromatic rings. The zero-order valence-corrected chi connectivity index (χ0v) is 16.7. The Balaban J connectivity index is 1.56. The maximum absolute atomic E-state index is 12.5. The molecule has 2 heterocycles. The number of imidazole rings is 1. The van der Waals surface area contributed by atoms with Crippen molar-refractivity contribution in [2.45, 2.75) is 13.5 Å². The first kappa shape index (κ1) is 18.9. The highest BCUT2D eigenvalue weighted by molar-refractivity contribution is 7.17. The summed E-state index contributed by atoms with van der Waals surface area (Å²) in [6.45, 7) is 2.85. The molecule has 29 heavy (non-hydrogen) atoms. The van der Waals surface area contributed by atoms with E-state index in [-0.39, 0.29) is 0 Å². The number of hydrogen-bond acceptors (Lipinski definition) is 6. The molecule has 0 aliphatic heterocycles. The van der Waals surface area contributed by atoms with Crippen LogP contribution in [0, 0.1) is 0 Å². The third-order valence-electron chi connectivity index (χ3n) is 4.48. The van der Waals surface area contributed by atoms with E-state index in [4.69, 9.17) is 9.72 Å². The van der Waals surface area contributed by atoms with Gasteiger partial charge in [0.2, 0.25) is 0 Å². The number of thiophene rings is 1. The van der Waals surface area contributed by atoms with Crippen LogP contribution in [0.2, 0.25) is 0 Å². The Bertz CT molecular complexity index is 1190. The van der Waals surface area contributed by atoms with E-state index in [0.29, 0.717) is 16.2 Å². The number of hydrogen-bond donors (Lipinski definition) is 0. The summed E-state index contributed by atoms with van der Waals surface area (Å²) in [4.78, 5) is 30.1. The van der Waals surface area contributed by atoms with Crippen LogP contribution in [0.25, 0.3) is 21.7 Å². The number of carbonyl (C=O) groups is 2. The topological polar surface area (TPSA) is 70.4 Å². The second-order valence-electron chi connectivity index (χ2n) is 6.24. The van der Waals surface area contributed by atoms with Gasteiger partial charge in [-0.05, 0) is 55.5 Å². The second kappa shape index (κ2) is 7.89. The number of esters is 2. The fourth-order valence-electron chi connectivity index (χ4n) is 3.09. The van der Waals surface area contributed by atoms with Gasteiger partial charge in [-0.2, -0.15) is 0 Å². The van der Waals surface area contributed by atoms with Crippen molar-refractivity contribution in [3.8, 4) is 16.5 Å². The van der Waals surface area contributed by atoms with Crippen LogP contribution in [0.1, 0.15) is 27.0 Å². The Hall–Kier alpha value is -3.45. The van der Waals surface area contributed by atoms with Crippen molar-refractivity contribution in [3.63, 3.8) is 0 Å². The molecule has 0 saturated carbocycles. The summed E-state index contributed by atoms with van der Waals surface area (Å²) in [5.41, 5.74) is 2.38. The molecule has 146 valence electrons. The lowest BCUT2D eigenvalue weighted by Gasteiger charge is -2.04. The maximum atomic E-state index is 12.5. The van der Waals surface area contributed by atoms with Crippen LogP contribution >= 0.6 is 11.3 Å². The van der Waals surface area contributed by atoms with E-state index in [0.717, 1.165) is 28.3 Å². The molecule has 0 bridgehead atoms. The van der Waals surface area contributed by atoms with Crippen molar-refractivity contribution in [3.05, 3.63) is 71.1 Å². The molecule has 6 nitrogen and oxygen atoms in total. The Morgan fingerprint density at radius 2 is 1.76 bits per heavy atom. The summed E-state index contributed by atoms with van der Waals surface area (Å²) in [5.74, 6) is 0.300. The highest BCUT2D eigenvalue weighted by atomic mass is 32.1.